The van der Waals surface area contributed by atoms with E-state index in [1.54, 1.807) is 0 Å². The number of amides is 1. The molecule has 0 aromatic carbocycles. The highest BCUT2D eigenvalue weighted by Gasteiger charge is 2.32. The molecule has 0 spiro atoms. The Morgan fingerprint density at radius 1 is 1.38 bits per heavy atom. The number of aryl methyl sites for hydroxylation is 1. The molecule has 21 heavy (non-hydrogen) atoms. The average molecular weight is 287 g/mol. The van der Waals surface area contributed by atoms with E-state index in [0.29, 0.717) is 6.54 Å². The van der Waals surface area contributed by atoms with Crippen LogP contribution in [-0.2, 0) is 4.79 Å². The van der Waals surface area contributed by atoms with E-state index in [9.17, 15) is 9.59 Å². The molecule has 0 saturated carbocycles. The van der Waals surface area contributed by atoms with E-state index >= 15 is 0 Å². The maximum atomic E-state index is 12.5. The molecule has 2 heterocycles. The molecule has 112 valence electrons. The fraction of sp³-hybridized carbons (Fsp3) is 0.562. The fourth-order valence-corrected chi connectivity index (χ4v) is 3.26. The van der Waals surface area contributed by atoms with Crippen LogP contribution in [0.25, 0.3) is 0 Å². The third-order valence-corrected chi connectivity index (χ3v) is 4.39. The Kier molecular flexibility index (Phi) is 3.90. The number of aromatic amines is 1. The number of H-pyrrole nitrogens is 1. The third-order valence-electron chi connectivity index (χ3n) is 4.39. The van der Waals surface area contributed by atoms with Gasteiger partial charge in [0.15, 0.2) is 0 Å². The summed E-state index contributed by atoms with van der Waals surface area (Å²) in [5.41, 5.74) is 0.621. The smallest absolute Gasteiger partial charge is 0.251 e. The maximum absolute atomic E-state index is 12.5. The van der Waals surface area contributed by atoms with Crippen molar-refractivity contribution >= 4 is 5.91 Å². The Morgan fingerprint density at radius 3 is 2.95 bits per heavy atom. The second-order valence-electron chi connectivity index (χ2n) is 6.02. The van der Waals surface area contributed by atoms with Crippen LogP contribution in [0.2, 0.25) is 0 Å². The van der Waals surface area contributed by atoms with Gasteiger partial charge >= 0.3 is 0 Å². The van der Waals surface area contributed by atoms with E-state index in [1.807, 2.05) is 11.8 Å². The number of carbonyl (C=O) groups is 1. The van der Waals surface area contributed by atoms with E-state index in [2.05, 4.69) is 22.1 Å². The van der Waals surface area contributed by atoms with Gasteiger partial charge in [-0.1, -0.05) is 12.2 Å². The van der Waals surface area contributed by atoms with Gasteiger partial charge in [-0.05, 0) is 32.6 Å². The van der Waals surface area contributed by atoms with Crippen molar-refractivity contribution in [2.24, 2.45) is 5.92 Å². The molecule has 1 fully saturated rings. The van der Waals surface area contributed by atoms with Crippen LogP contribution in [0.15, 0.2) is 23.0 Å². The summed E-state index contributed by atoms with van der Waals surface area (Å²) in [6.45, 7) is 3.26. The SMILES string of the molecule is Cc1cc(=O)[nH]c([C@@H]2CCN(C(=O)[C@H]3CC=CCC3)C2)n1. The number of nitrogens with one attached hydrogen (secondary N) is 1. The zero-order valence-electron chi connectivity index (χ0n) is 12.3. The van der Waals surface area contributed by atoms with Gasteiger partial charge in [-0.25, -0.2) is 4.98 Å². The van der Waals surface area contributed by atoms with Crippen molar-refractivity contribution in [2.45, 2.75) is 38.5 Å². The zero-order chi connectivity index (χ0) is 14.8. The minimum absolute atomic E-state index is 0.111. The second kappa shape index (κ2) is 5.84. The number of aromatic nitrogens is 2. The molecule has 3 rings (SSSR count). The molecule has 1 amide bonds. The van der Waals surface area contributed by atoms with Gasteiger partial charge in [0.1, 0.15) is 5.82 Å². The molecule has 0 radical (unpaired) electrons. The van der Waals surface area contributed by atoms with Crippen LogP contribution in [-0.4, -0.2) is 33.9 Å². The van der Waals surface area contributed by atoms with Crippen LogP contribution in [0.1, 0.15) is 43.1 Å². The number of allylic oxidation sites excluding steroid dienone is 2. The Labute approximate surface area is 124 Å². The second-order valence-corrected chi connectivity index (χ2v) is 6.02. The van der Waals surface area contributed by atoms with Gasteiger partial charge < -0.3 is 9.88 Å². The lowest BCUT2D eigenvalue weighted by molar-refractivity contribution is -0.134. The zero-order valence-corrected chi connectivity index (χ0v) is 12.3. The van der Waals surface area contributed by atoms with Gasteiger partial charge in [-0.2, -0.15) is 0 Å². The predicted octanol–water partition coefficient (Wildman–Crippen LogP) is 1.75. The monoisotopic (exact) mass is 287 g/mol. The van der Waals surface area contributed by atoms with Crippen molar-refractivity contribution in [3.05, 3.63) is 40.1 Å². The molecule has 0 bridgehead atoms. The molecule has 1 N–H and O–H groups in total. The van der Waals surface area contributed by atoms with Crippen molar-refractivity contribution in [1.29, 1.82) is 0 Å². The molecule has 2 aliphatic rings. The highest BCUT2D eigenvalue weighted by molar-refractivity contribution is 5.79. The first-order valence-electron chi connectivity index (χ1n) is 7.65. The first kappa shape index (κ1) is 14.0. The molecule has 0 unspecified atom stereocenters. The van der Waals surface area contributed by atoms with E-state index in [4.69, 9.17) is 0 Å². The van der Waals surface area contributed by atoms with Crippen molar-refractivity contribution < 1.29 is 4.79 Å². The molecule has 5 heteroatoms. The standard InChI is InChI=1S/C16H21N3O2/c1-11-9-14(20)18-15(17-11)13-7-8-19(10-13)16(21)12-5-3-2-4-6-12/h2-3,9,12-13H,4-8,10H2,1H3,(H,17,18,20)/t12-,13+/m0/s1. The van der Waals surface area contributed by atoms with E-state index in [-0.39, 0.29) is 23.3 Å². The third kappa shape index (κ3) is 3.06. The Balaban J connectivity index is 1.68. The summed E-state index contributed by atoms with van der Waals surface area (Å²) in [4.78, 5) is 33.2. The summed E-state index contributed by atoms with van der Waals surface area (Å²) in [6, 6.07) is 1.50. The average Bonchev–Trinajstić information content (AvgIpc) is 2.96. The first-order valence-corrected chi connectivity index (χ1v) is 7.65. The van der Waals surface area contributed by atoms with E-state index < -0.39 is 0 Å². The normalized spacial score (nSPS) is 25.3. The van der Waals surface area contributed by atoms with Gasteiger partial charge in [0, 0.05) is 36.7 Å². The number of hydrogen-bond acceptors (Lipinski definition) is 3. The molecule has 2 atom stereocenters. The summed E-state index contributed by atoms with van der Waals surface area (Å²) in [6.07, 6.45) is 7.95. The van der Waals surface area contributed by atoms with Gasteiger partial charge in [-0.3, -0.25) is 9.59 Å². The van der Waals surface area contributed by atoms with Crippen LogP contribution in [0.5, 0.6) is 0 Å². The quantitative estimate of drug-likeness (QED) is 0.843. The highest BCUT2D eigenvalue weighted by Crippen LogP contribution is 2.28. The predicted molar refractivity (Wildman–Crippen MR) is 80.0 cm³/mol. The van der Waals surface area contributed by atoms with E-state index in [1.165, 1.54) is 6.07 Å². The van der Waals surface area contributed by atoms with Crippen molar-refractivity contribution in [3.8, 4) is 0 Å². The fourth-order valence-electron chi connectivity index (χ4n) is 3.26. The molecular weight excluding hydrogens is 266 g/mol. The van der Waals surface area contributed by atoms with Gasteiger partial charge in [0.05, 0.1) is 0 Å². The Hall–Kier alpha value is -1.91. The van der Waals surface area contributed by atoms with Gasteiger partial charge in [0.2, 0.25) is 5.91 Å². The van der Waals surface area contributed by atoms with Crippen LogP contribution in [0.4, 0.5) is 0 Å². The molecule has 1 aromatic rings. The lowest BCUT2D eigenvalue weighted by Crippen LogP contribution is -2.34. The van der Waals surface area contributed by atoms with Crippen molar-refractivity contribution in [2.75, 3.05) is 13.1 Å². The summed E-state index contributed by atoms with van der Waals surface area (Å²) in [5, 5.41) is 0. The number of carbonyl (C=O) groups excluding carboxylic acids is 1. The topological polar surface area (TPSA) is 66.1 Å². The molecule has 5 nitrogen and oxygen atoms in total. The summed E-state index contributed by atoms with van der Waals surface area (Å²) in [7, 11) is 0. The summed E-state index contributed by atoms with van der Waals surface area (Å²) >= 11 is 0. The van der Waals surface area contributed by atoms with Crippen molar-refractivity contribution in [1.82, 2.24) is 14.9 Å². The van der Waals surface area contributed by atoms with Crippen molar-refractivity contribution in [3.63, 3.8) is 0 Å². The number of likely N-dealkylation sites (tertiary alicyclic amines) is 1. The first-order chi connectivity index (χ1) is 10.1. The number of hydrogen-bond donors (Lipinski definition) is 1. The number of rotatable bonds is 2. The highest BCUT2D eigenvalue weighted by atomic mass is 16.2. The molecule has 1 aliphatic heterocycles. The Morgan fingerprint density at radius 2 is 2.24 bits per heavy atom. The largest absolute Gasteiger partial charge is 0.342 e. The van der Waals surface area contributed by atoms with E-state index in [0.717, 1.165) is 43.7 Å². The summed E-state index contributed by atoms with van der Waals surface area (Å²) in [5.74, 6) is 1.27. The van der Waals surface area contributed by atoms with Crippen LogP contribution in [0.3, 0.4) is 0 Å². The van der Waals surface area contributed by atoms with Crippen LogP contribution >= 0.6 is 0 Å². The lowest BCUT2D eigenvalue weighted by Gasteiger charge is -2.24. The minimum Gasteiger partial charge on any atom is -0.342 e. The molecule has 1 aromatic heterocycles. The molecule has 1 aliphatic carbocycles. The number of nitrogens with zero attached hydrogens (tertiary/aromatic N) is 2. The van der Waals surface area contributed by atoms with Crippen LogP contribution < -0.4 is 5.56 Å². The lowest BCUT2D eigenvalue weighted by atomic mass is 9.93. The van der Waals surface area contributed by atoms with Crippen LogP contribution in [0, 0.1) is 12.8 Å². The minimum atomic E-state index is -0.111. The maximum Gasteiger partial charge on any atom is 0.251 e. The molecule has 1 saturated heterocycles. The van der Waals surface area contributed by atoms with Gasteiger partial charge in [-0.15, -0.1) is 0 Å². The van der Waals surface area contributed by atoms with Gasteiger partial charge in [0.25, 0.3) is 5.56 Å². The molecular formula is C16H21N3O2. The summed E-state index contributed by atoms with van der Waals surface area (Å²) < 4.78 is 0. The Bertz CT molecular complexity index is 620.